The number of nitrogens with one attached hydrogen (secondary N) is 1. The molecule has 2 aromatic heterocycles. The van der Waals surface area contributed by atoms with Gasteiger partial charge in [0, 0.05) is 29.3 Å². The summed E-state index contributed by atoms with van der Waals surface area (Å²) in [6.45, 7) is 1.28. The van der Waals surface area contributed by atoms with Crippen LogP contribution in [0.15, 0.2) is 41.4 Å². The molecule has 5 heteroatoms. The second kappa shape index (κ2) is 6.15. The summed E-state index contributed by atoms with van der Waals surface area (Å²) in [7, 11) is 0. The molecule has 0 spiro atoms. The average Bonchev–Trinajstić information content (AvgIpc) is 3.12. The molecule has 3 heterocycles. The van der Waals surface area contributed by atoms with Gasteiger partial charge in [0.05, 0.1) is 19.3 Å². The van der Waals surface area contributed by atoms with Crippen LogP contribution in [0, 0.1) is 5.92 Å². The van der Waals surface area contributed by atoms with Crippen LogP contribution in [-0.4, -0.2) is 30.1 Å². The van der Waals surface area contributed by atoms with E-state index in [1.807, 2.05) is 29.0 Å². The van der Waals surface area contributed by atoms with Crippen molar-refractivity contribution >= 4 is 17.2 Å². The normalized spacial score (nSPS) is 21.8. The minimum Gasteiger partial charge on any atom is -0.379 e. The highest BCUT2D eigenvalue weighted by atomic mass is 32.1. The van der Waals surface area contributed by atoms with Crippen LogP contribution in [0.1, 0.15) is 15.9 Å². The smallest absolute Gasteiger partial charge is 0.252 e. The van der Waals surface area contributed by atoms with Gasteiger partial charge in [0.15, 0.2) is 0 Å². The molecule has 1 saturated heterocycles. The molecule has 0 aromatic carbocycles. The molecule has 2 aromatic rings. The van der Waals surface area contributed by atoms with E-state index in [1.54, 1.807) is 12.4 Å². The summed E-state index contributed by atoms with van der Waals surface area (Å²) >= 11 is 1.53. The van der Waals surface area contributed by atoms with E-state index < -0.39 is 0 Å². The molecule has 0 aliphatic carbocycles. The van der Waals surface area contributed by atoms with Crippen LogP contribution >= 0.6 is 11.3 Å². The topological polar surface area (TPSA) is 51.2 Å². The third-order valence-corrected chi connectivity index (χ3v) is 4.23. The summed E-state index contributed by atoms with van der Waals surface area (Å²) in [6, 6.07) is 5.94. The Labute approximate surface area is 121 Å². The molecule has 0 unspecified atom stereocenters. The first-order chi connectivity index (χ1) is 9.83. The molecule has 20 heavy (non-hydrogen) atoms. The first-order valence-corrected chi connectivity index (χ1v) is 7.57. The first kappa shape index (κ1) is 13.3. The highest BCUT2D eigenvalue weighted by Gasteiger charge is 2.29. The van der Waals surface area contributed by atoms with Gasteiger partial charge in [-0.15, -0.1) is 0 Å². The molecule has 104 valence electrons. The summed E-state index contributed by atoms with van der Waals surface area (Å²) in [5, 5.41) is 6.85. The predicted molar refractivity (Wildman–Crippen MR) is 77.8 cm³/mol. The van der Waals surface area contributed by atoms with Gasteiger partial charge >= 0.3 is 0 Å². The molecule has 2 atom stereocenters. The minimum atomic E-state index is -0.0125. The first-order valence-electron chi connectivity index (χ1n) is 6.62. The fourth-order valence-electron chi connectivity index (χ4n) is 2.43. The largest absolute Gasteiger partial charge is 0.379 e. The lowest BCUT2D eigenvalue weighted by atomic mass is 9.95. The maximum absolute atomic E-state index is 12.1. The number of hydrogen-bond acceptors (Lipinski definition) is 4. The molecule has 4 nitrogen and oxygen atoms in total. The van der Waals surface area contributed by atoms with Crippen molar-refractivity contribution in [1.82, 2.24) is 10.3 Å². The van der Waals surface area contributed by atoms with Crippen molar-refractivity contribution in [2.45, 2.75) is 12.5 Å². The molecular formula is C15H16N2O2S. The van der Waals surface area contributed by atoms with Crippen molar-refractivity contribution in [3.05, 3.63) is 52.5 Å². The average molecular weight is 288 g/mol. The van der Waals surface area contributed by atoms with Crippen molar-refractivity contribution in [1.29, 1.82) is 0 Å². The number of ether oxygens (including phenoxy) is 1. The SMILES string of the molecule is O=C(N[C@H]1COC[C@H]1Cc1ccncc1)c1ccsc1. The van der Waals surface area contributed by atoms with Gasteiger partial charge < -0.3 is 10.1 Å². The standard InChI is InChI=1S/C15H16N2O2S/c18-15(12-3-6-20-10-12)17-14-9-19-8-13(14)7-11-1-4-16-5-2-11/h1-6,10,13-14H,7-9H2,(H,17,18)/t13-,14+/m1/s1. The van der Waals surface area contributed by atoms with Gasteiger partial charge in [-0.25, -0.2) is 0 Å². The van der Waals surface area contributed by atoms with Gasteiger partial charge in [-0.1, -0.05) is 0 Å². The van der Waals surface area contributed by atoms with Crippen molar-refractivity contribution in [2.24, 2.45) is 5.92 Å². The number of carbonyl (C=O) groups excluding carboxylic acids is 1. The van der Waals surface area contributed by atoms with Gasteiger partial charge in [-0.3, -0.25) is 9.78 Å². The Morgan fingerprint density at radius 1 is 1.35 bits per heavy atom. The number of aromatic nitrogens is 1. The van der Waals surface area contributed by atoms with Gasteiger partial charge in [-0.2, -0.15) is 11.3 Å². The van der Waals surface area contributed by atoms with Crippen molar-refractivity contribution < 1.29 is 9.53 Å². The van der Waals surface area contributed by atoms with E-state index in [0.717, 1.165) is 12.0 Å². The Bertz CT molecular complexity index is 557. The number of rotatable bonds is 4. The predicted octanol–water partition coefficient (Wildman–Crippen LogP) is 2.13. The van der Waals surface area contributed by atoms with E-state index in [-0.39, 0.29) is 11.9 Å². The Morgan fingerprint density at radius 3 is 2.95 bits per heavy atom. The molecule has 1 N–H and O–H groups in total. The summed E-state index contributed by atoms with van der Waals surface area (Å²) in [5.41, 5.74) is 1.95. The summed E-state index contributed by atoms with van der Waals surface area (Å²) in [5.74, 6) is 0.307. The Kier molecular flexibility index (Phi) is 4.08. The maximum Gasteiger partial charge on any atom is 0.252 e. The van der Waals surface area contributed by atoms with E-state index >= 15 is 0 Å². The molecule has 1 aliphatic heterocycles. The Balaban J connectivity index is 1.62. The number of thiophene rings is 1. The summed E-state index contributed by atoms with van der Waals surface area (Å²) < 4.78 is 5.53. The quantitative estimate of drug-likeness (QED) is 0.937. The van der Waals surface area contributed by atoms with Crippen molar-refractivity contribution in [3.8, 4) is 0 Å². The Morgan fingerprint density at radius 2 is 2.20 bits per heavy atom. The fourth-order valence-corrected chi connectivity index (χ4v) is 3.06. The maximum atomic E-state index is 12.1. The van der Waals surface area contributed by atoms with E-state index in [0.29, 0.717) is 19.1 Å². The zero-order valence-electron chi connectivity index (χ0n) is 11.0. The van der Waals surface area contributed by atoms with Gasteiger partial charge in [0.1, 0.15) is 0 Å². The molecule has 1 fully saturated rings. The zero-order valence-corrected chi connectivity index (χ0v) is 11.8. The van der Waals surface area contributed by atoms with Crippen LogP contribution in [0.5, 0.6) is 0 Å². The second-order valence-corrected chi connectivity index (χ2v) is 5.73. The molecule has 3 rings (SSSR count). The number of amides is 1. The molecule has 0 radical (unpaired) electrons. The van der Waals surface area contributed by atoms with E-state index in [4.69, 9.17) is 4.74 Å². The zero-order chi connectivity index (χ0) is 13.8. The van der Waals surface area contributed by atoms with E-state index in [2.05, 4.69) is 10.3 Å². The van der Waals surface area contributed by atoms with Gasteiger partial charge in [0.25, 0.3) is 5.91 Å². The van der Waals surface area contributed by atoms with Crippen LogP contribution in [0.3, 0.4) is 0 Å². The van der Waals surface area contributed by atoms with Crippen LogP contribution in [0.4, 0.5) is 0 Å². The minimum absolute atomic E-state index is 0.0125. The molecular weight excluding hydrogens is 272 g/mol. The molecule has 0 bridgehead atoms. The lowest BCUT2D eigenvalue weighted by Gasteiger charge is -2.18. The molecule has 1 aliphatic rings. The molecule has 1 amide bonds. The highest BCUT2D eigenvalue weighted by molar-refractivity contribution is 7.08. The van der Waals surface area contributed by atoms with Gasteiger partial charge in [0.2, 0.25) is 0 Å². The second-order valence-electron chi connectivity index (χ2n) is 4.95. The van der Waals surface area contributed by atoms with Crippen LogP contribution in [0.25, 0.3) is 0 Å². The fraction of sp³-hybridized carbons (Fsp3) is 0.333. The summed E-state index contributed by atoms with van der Waals surface area (Å²) in [6.07, 6.45) is 4.49. The Hall–Kier alpha value is -1.72. The highest BCUT2D eigenvalue weighted by Crippen LogP contribution is 2.19. The monoisotopic (exact) mass is 288 g/mol. The van der Waals surface area contributed by atoms with E-state index in [1.165, 1.54) is 16.9 Å². The number of pyridine rings is 1. The van der Waals surface area contributed by atoms with Crippen LogP contribution in [-0.2, 0) is 11.2 Å². The van der Waals surface area contributed by atoms with Crippen molar-refractivity contribution in [2.75, 3.05) is 13.2 Å². The third kappa shape index (κ3) is 3.05. The van der Waals surface area contributed by atoms with Crippen molar-refractivity contribution in [3.63, 3.8) is 0 Å². The number of hydrogen-bond donors (Lipinski definition) is 1. The van der Waals surface area contributed by atoms with Crippen LogP contribution < -0.4 is 5.32 Å². The van der Waals surface area contributed by atoms with E-state index in [9.17, 15) is 4.79 Å². The van der Waals surface area contributed by atoms with Gasteiger partial charge in [-0.05, 0) is 35.6 Å². The summed E-state index contributed by atoms with van der Waals surface area (Å²) in [4.78, 5) is 16.1. The number of carbonyl (C=O) groups is 1. The molecule has 0 saturated carbocycles. The van der Waals surface area contributed by atoms with Crippen LogP contribution in [0.2, 0.25) is 0 Å². The lowest BCUT2D eigenvalue weighted by molar-refractivity contribution is 0.0925. The third-order valence-electron chi connectivity index (χ3n) is 3.55. The lowest BCUT2D eigenvalue weighted by Crippen LogP contribution is -2.40. The number of nitrogens with zero attached hydrogens (tertiary/aromatic N) is 1.